The maximum atomic E-state index is 12.1. The first-order chi connectivity index (χ1) is 9.52. The van der Waals surface area contributed by atoms with Crippen LogP contribution in [0.15, 0.2) is 28.8 Å². The highest BCUT2D eigenvalue weighted by Gasteiger charge is 2.24. The van der Waals surface area contributed by atoms with Gasteiger partial charge >= 0.3 is 5.69 Å². The molecular weight excluding hydrogens is 266 g/mol. The summed E-state index contributed by atoms with van der Waals surface area (Å²) in [6, 6.07) is 5.69. The lowest BCUT2D eigenvalue weighted by molar-refractivity contribution is -0.384. The van der Waals surface area contributed by atoms with Gasteiger partial charge in [-0.2, -0.15) is 0 Å². The molecular formula is C11H11N5O4. The zero-order valence-electron chi connectivity index (χ0n) is 10.4. The highest BCUT2D eigenvalue weighted by Crippen LogP contribution is 2.28. The molecule has 0 aliphatic rings. The summed E-state index contributed by atoms with van der Waals surface area (Å²) in [5, 5.41) is 17.0. The lowest BCUT2D eigenvalue weighted by Gasteiger charge is -2.06. The number of hydrogen-bond donors (Lipinski definition) is 3. The monoisotopic (exact) mass is 277 g/mol. The van der Waals surface area contributed by atoms with Crippen molar-refractivity contribution in [1.29, 1.82) is 0 Å². The Morgan fingerprint density at radius 1 is 1.50 bits per heavy atom. The van der Waals surface area contributed by atoms with Crippen LogP contribution in [-0.2, 0) is 0 Å². The zero-order chi connectivity index (χ0) is 14.7. The molecule has 0 aliphatic carbocycles. The minimum absolute atomic E-state index is 0.0407. The SMILES string of the molecule is Cc1cc(NC(=O)c2cccc(NN)c2[N+](=O)[O-])no1. The lowest BCUT2D eigenvalue weighted by Crippen LogP contribution is -2.16. The Balaban J connectivity index is 2.36. The number of nitro benzene ring substituents is 1. The second-order valence-electron chi connectivity index (χ2n) is 3.88. The predicted molar refractivity (Wildman–Crippen MR) is 70.1 cm³/mol. The van der Waals surface area contributed by atoms with Gasteiger partial charge in [-0.25, -0.2) is 0 Å². The van der Waals surface area contributed by atoms with Crippen LogP contribution in [0.25, 0.3) is 0 Å². The number of nitrogens with zero attached hydrogens (tertiary/aromatic N) is 2. The first kappa shape index (κ1) is 13.5. The maximum Gasteiger partial charge on any atom is 0.306 e. The van der Waals surface area contributed by atoms with E-state index in [1.165, 1.54) is 24.3 Å². The summed E-state index contributed by atoms with van der Waals surface area (Å²) in [4.78, 5) is 22.4. The summed E-state index contributed by atoms with van der Waals surface area (Å²) in [5.41, 5.74) is 1.68. The molecule has 0 atom stereocenters. The van der Waals surface area contributed by atoms with Gasteiger partial charge in [0, 0.05) is 6.07 Å². The molecule has 2 rings (SSSR count). The summed E-state index contributed by atoms with van der Waals surface area (Å²) < 4.78 is 4.79. The molecule has 4 N–H and O–H groups in total. The van der Waals surface area contributed by atoms with Crippen molar-refractivity contribution < 1.29 is 14.2 Å². The van der Waals surface area contributed by atoms with Crippen LogP contribution in [0.4, 0.5) is 17.2 Å². The molecule has 104 valence electrons. The third-order valence-electron chi connectivity index (χ3n) is 2.49. The van der Waals surface area contributed by atoms with Gasteiger partial charge < -0.3 is 15.3 Å². The predicted octanol–water partition coefficient (Wildman–Crippen LogP) is 1.43. The molecule has 0 radical (unpaired) electrons. The number of hydrazine groups is 1. The Morgan fingerprint density at radius 3 is 2.80 bits per heavy atom. The molecule has 0 unspecified atom stereocenters. The number of amides is 1. The van der Waals surface area contributed by atoms with Crippen LogP contribution in [-0.4, -0.2) is 16.0 Å². The minimum atomic E-state index is -0.682. The van der Waals surface area contributed by atoms with Gasteiger partial charge in [-0.15, -0.1) is 0 Å². The van der Waals surface area contributed by atoms with Crippen LogP contribution in [0.5, 0.6) is 0 Å². The van der Waals surface area contributed by atoms with E-state index in [9.17, 15) is 14.9 Å². The molecule has 2 aromatic rings. The fourth-order valence-electron chi connectivity index (χ4n) is 1.65. The van der Waals surface area contributed by atoms with E-state index in [0.717, 1.165) is 0 Å². The molecule has 9 heteroatoms. The fraction of sp³-hybridized carbons (Fsp3) is 0.0909. The Bertz CT molecular complexity index is 667. The van der Waals surface area contributed by atoms with E-state index in [-0.39, 0.29) is 17.1 Å². The zero-order valence-corrected chi connectivity index (χ0v) is 10.4. The maximum absolute atomic E-state index is 12.1. The quantitative estimate of drug-likeness (QED) is 0.436. The van der Waals surface area contributed by atoms with Crippen molar-refractivity contribution in [3.8, 4) is 0 Å². The molecule has 0 bridgehead atoms. The van der Waals surface area contributed by atoms with Crippen molar-refractivity contribution in [3.63, 3.8) is 0 Å². The second-order valence-corrected chi connectivity index (χ2v) is 3.88. The number of nitrogens with two attached hydrogens (primary N) is 1. The number of nitrogen functional groups attached to an aromatic ring is 1. The van der Waals surface area contributed by atoms with E-state index in [0.29, 0.717) is 5.76 Å². The first-order valence-electron chi connectivity index (χ1n) is 5.51. The molecule has 0 fully saturated rings. The van der Waals surface area contributed by atoms with Crippen molar-refractivity contribution in [2.45, 2.75) is 6.92 Å². The van der Waals surface area contributed by atoms with E-state index in [4.69, 9.17) is 10.4 Å². The van der Waals surface area contributed by atoms with E-state index < -0.39 is 16.5 Å². The van der Waals surface area contributed by atoms with Crippen molar-refractivity contribution in [2.24, 2.45) is 5.84 Å². The van der Waals surface area contributed by atoms with Crippen LogP contribution in [0.3, 0.4) is 0 Å². The second kappa shape index (κ2) is 5.36. The van der Waals surface area contributed by atoms with Crippen LogP contribution in [0.1, 0.15) is 16.1 Å². The van der Waals surface area contributed by atoms with Gasteiger partial charge in [0.05, 0.1) is 4.92 Å². The van der Waals surface area contributed by atoms with Gasteiger partial charge in [0.25, 0.3) is 5.91 Å². The molecule has 0 aliphatic heterocycles. The van der Waals surface area contributed by atoms with E-state index in [1.54, 1.807) is 6.92 Å². The molecule has 1 heterocycles. The molecule has 20 heavy (non-hydrogen) atoms. The number of anilines is 2. The number of nitro groups is 1. The largest absolute Gasteiger partial charge is 0.360 e. The average Bonchev–Trinajstić information content (AvgIpc) is 2.82. The molecule has 0 spiro atoms. The van der Waals surface area contributed by atoms with Gasteiger partial charge in [-0.3, -0.25) is 20.8 Å². The number of aryl methyl sites for hydroxylation is 1. The van der Waals surface area contributed by atoms with Gasteiger partial charge in [-0.05, 0) is 19.1 Å². The molecule has 1 amide bonds. The summed E-state index contributed by atoms with van der Waals surface area (Å²) in [6.45, 7) is 1.66. The van der Waals surface area contributed by atoms with Crippen LogP contribution in [0, 0.1) is 17.0 Å². The number of hydrogen-bond acceptors (Lipinski definition) is 7. The van der Waals surface area contributed by atoms with Crippen molar-refractivity contribution in [2.75, 3.05) is 10.7 Å². The molecule has 0 saturated heterocycles. The summed E-state index contributed by atoms with van der Waals surface area (Å²) in [6.07, 6.45) is 0. The highest BCUT2D eigenvalue weighted by molar-refractivity contribution is 6.08. The van der Waals surface area contributed by atoms with E-state index in [1.807, 2.05) is 0 Å². The molecule has 0 saturated carbocycles. The Labute approximate surface area is 112 Å². The minimum Gasteiger partial charge on any atom is -0.360 e. The van der Waals surface area contributed by atoms with Gasteiger partial charge in [0.1, 0.15) is 17.0 Å². The van der Waals surface area contributed by atoms with Gasteiger partial charge in [0.2, 0.25) is 0 Å². The third kappa shape index (κ3) is 2.57. The number of rotatable bonds is 4. The average molecular weight is 277 g/mol. The number of para-hydroxylation sites is 1. The third-order valence-corrected chi connectivity index (χ3v) is 2.49. The Kier molecular flexibility index (Phi) is 3.62. The fourth-order valence-corrected chi connectivity index (χ4v) is 1.65. The number of nitrogens with one attached hydrogen (secondary N) is 2. The lowest BCUT2D eigenvalue weighted by atomic mass is 10.1. The highest BCUT2D eigenvalue weighted by atomic mass is 16.6. The topological polar surface area (TPSA) is 136 Å². The smallest absolute Gasteiger partial charge is 0.306 e. The Morgan fingerprint density at radius 2 is 2.25 bits per heavy atom. The number of benzene rings is 1. The normalized spacial score (nSPS) is 10.1. The van der Waals surface area contributed by atoms with Crippen molar-refractivity contribution >= 4 is 23.1 Å². The van der Waals surface area contributed by atoms with E-state index in [2.05, 4.69) is 15.9 Å². The Hall–Kier alpha value is -2.94. The van der Waals surface area contributed by atoms with E-state index >= 15 is 0 Å². The standard InChI is InChI=1S/C11H11N5O4/c1-6-5-9(15-20-6)13-11(17)7-3-2-4-8(14-12)10(7)16(18)19/h2-5,14H,12H2,1H3,(H,13,15,17). The molecule has 1 aromatic carbocycles. The summed E-state index contributed by atoms with van der Waals surface area (Å²) in [5.74, 6) is 5.20. The summed E-state index contributed by atoms with van der Waals surface area (Å²) in [7, 11) is 0. The number of carbonyl (C=O) groups is 1. The van der Waals surface area contributed by atoms with Crippen LogP contribution >= 0.6 is 0 Å². The number of carbonyl (C=O) groups excluding carboxylic acids is 1. The first-order valence-corrected chi connectivity index (χ1v) is 5.51. The van der Waals surface area contributed by atoms with Crippen LogP contribution < -0.4 is 16.6 Å². The summed E-state index contributed by atoms with van der Waals surface area (Å²) >= 11 is 0. The number of aromatic nitrogens is 1. The van der Waals surface area contributed by atoms with Gasteiger partial charge in [-0.1, -0.05) is 11.2 Å². The molecule has 1 aromatic heterocycles. The molecule has 9 nitrogen and oxygen atoms in total. The van der Waals surface area contributed by atoms with Crippen molar-refractivity contribution in [1.82, 2.24) is 5.16 Å². The van der Waals surface area contributed by atoms with Crippen LogP contribution in [0.2, 0.25) is 0 Å². The van der Waals surface area contributed by atoms with Gasteiger partial charge in [0.15, 0.2) is 5.82 Å². The van der Waals surface area contributed by atoms with Crippen molar-refractivity contribution in [3.05, 3.63) is 45.7 Å².